The van der Waals surface area contributed by atoms with Crippen molar-refractivity contribution >= 4 is 11.6 Å². The average Bonchev–Trinajstić information content (AvgIpc) is 2.79. The van der Waals surface area contributed by atoms with Gasteiger partial charge in [0.05, 0.1) is 13.2 Å². The van der Waals surface area contributed by atoms with Crippen molar-refractivity contribution in [3.05, 3.63) is 35.9 Å². The van der Waals surface area contributed by atoms with Crippen LogP contribution in [-0.4, -0.2) is 25.0 Å². The average molecular weight is 263 g/mol. The molecule has 0 radical (unpaired) electrons. The third-order valence-corrected chi connectivity index (χ3v) is 2.87. The minimum absolute atomic E-state index is 0.286. The van der Waals surface area contributed by atoms with Crippen LogP contribution < -0.4 is 0 Å². The van der Waals surface area contributed by atoms with Gasteiger partial charge in [-0.2, -0.15) is 0 Å². The maximum absolute atomic E-state index is 14.1. The van der Waals surface area contributed by atoms with Crippen LogP contribution >= 0.6 is 11.6 Å². The van der Waals surface area contributed by atoms with E-state index in [9.17, 15) is 8.78 Å². The van der Waals surface area contributed by atoms with E-state index in [1.807, 2.05) is 0 Å². The molecule has 0 aliphatic carbocycles. The van der Waals surface area contributed by atoms with Crippen LogP contribution in [0.15, 0.2) is 30.3 Å². The Balaban J connectivity index is 2.27. The van der Waals surface area contributed by atoms with Gasteiger partial charge >= 0.3 is 0 Å². The normalized spacial score (nSPS) is 22.3. The number of hydrogen-bond acceptors (Lipinski definition) is 2. The molecule has 0 amide bonds. The predicted molar refractivity (Wildman–Crippen MR) is 60.3 cm³/mol. The number of rotatable bonds is 4. The second kappa shape index (κ2) is 5.29. The Bertz CT molecular complexity index is 353. The van der Waals surface area contributed by atoms with Crippen LogP contribution in [0.4, 0.5) is 8.78 Å². The number of alkyl halides is 3. The van der Waals surface area contributed by atoms with Crippen molar-refractivity contribution in [2.75, 3.05) is 13.2 Å². The molecule has 0 saturated carbocycles. The fourth-order valence-electron chi connectivity index (χ4n) is 1.94. The zero-order valence-corrected chi connectivity index (χ0v) is 9.87. The van der Waals surface area contributed by atoms with Crippen LogP contribution in [0.1, 0.15) is 12.0 Å². The van der Waals surface area contributed by atoms with Crippen molar-refractivity contribution in [2.24, 2.45) is 0 Å². The lowest BCUT2D eigenvalue weighted by Crippen LogP contribution is -2.39. The molecule has 1 saturated heterocycles. The first kappa shape index (κ1) is 12.7. The first-order valence-corrected chi connectivity index (χ1v) is 5.84. The summed E-state index contributed by atoms with van der Waals surface area (Å²) < 4.78 is 37.6. The van der Waals surface area contributed by atoms with Gasteiger partial charge in [0.2, 0.25) is 5.79 Å². The molecule has 2 unspecified atom stereocenters. The first-order chi connectivity index (χ1) is 8.15. The van der Waals surface area contributed by atoms with Gasteiger partial charge in [-0.3, -0.25) is 0 Å². The van der Waals surface area contributed by atoms with E-state index < -0.39 is 24.0 Å². The highest BCUT2D eigenvalue weighted by Gasteiger charge is 2.47. The third kappa shape index (κ3) is 2.59. The Hall–Kier alpha value is -0.710. The minimum atomic E-state index is -1.75. The highest BCUT2D eigenvalue weighted by molar-refractivity contribution is 6.19. The number of benzene rings is 1. The summed E-state index contributed by atoms with van der Waals surface area (Å²) in [6.07, 6.45) is -2.10. The highest BCUT2D eigenvalue weighted by atomic mass is 35.5. The lowest BCUT2D eigenvalue weighted by atomic mass is 9.99. The Kier molecular flexibility index (Phi) is 3.97. The number of hydrogen-bond donors (Lipinski definition) is 0. The van der Waals surface area contributed by atoms with Gasteiger partial charge in [0.15, 0.2) is 11.8 Å². The molecule has 1 fully saturated rings. The summed E-state index contributed by atoms with van der Waals surface area (Å²) in [5.41, 5.74) is -1.21. The zero-order chi connectivity index (χ0) is 12.3. The summed E-state index contributed by atoms with van der Waals surface area (Å²) in [6, 6.07) is 8.70. The number of halogens is 3. The van der Waals surface area contributed by atoms with Crippen LogP contribution in [0.2, 0.25) is 0 Å². The van der Waals surface area contributed by atoms with Crippen molar-refractivity contribution < 1.29 is 18.3 Å². The summed E-state index contributed by atoms with van der Waals surface area (Å²) >= 11 is 5.18. The largest absolute Gasteiger partial charge is 0.341 e. The monoisotopic (exact) mass is 262 g/mol. The summed E-state index contributed by atoms with van der Waals surface area (Å²) in [4.78, 5) is 0. The molecule has 17 heavy (non-hydrogen) atoms. The Morgan fingerprint density at radius 2 is 1.76 bits per heavy atom. The summed E-state index contributed by atoms with van der Waals surface area (Å²) in [7, 11) is 0. The van der Waals surface area contributed by atoms with Gasteiger partial charge < -0.3 is 9.47 Å². The molecule has 0 N–H and O–H groups in total. The molecule has 2 atom stereocenters. The van der Waals surface area contributed by atoms with Crippen LogP contribution in [0, 0.1) is 0 Å². The van der Waals surface area contributed by atoms with Crippen molar-refractivity contribution in [1.29, 1.82) is 0 Å². The maximum Gasteiger partial charge on any atom is 0.227 e. The van der Waals surface area contributed by atoms with E-state index in [0.29, 0.717) is 5.56 Å². The van der Waals surface area contributed by atoms with Gasteiger partial charge in [-0.15, -0.1) is 0 Å². The molecular formula is C12H13ClF2O2. The Labute approximate surface area is 103 Å². The Morgan fingerprint density at radius 1 is 1.18 bits per heavy atom. The van der Waals surface area contributed by atoms with Gasteiger partial charge in [-0.1, -0.05) is 41.9 Å². The van der Waals surface area contributed by atoms with E-state index in [1.165, 1.54) is 0 Å². The van der Waals surface area contributed by atoms with E-state index in [-0.39, 0.29) is 13.2 Å². The highest BCUT2D eigenvalue weighted by Crippen LogP contribution is 2.38. The third-order valence-electron chi connectivity index (χ3n) is 2.69. The minimum Gasteiger partial charge on any atom is -0.341 e. The molecule has 0 spiro atoms. The molecule has 94 valence electrons. The molecule has 2 nitrogen and oxygen atoms in total. The SMILES string of the molecule is FC(Cl)CC(F)C1(c2ccccc2)OCCO1. The molecule has 1 heterocycles. The van der Waals surface area contributed by atoms with Gasteiger partial charge in [0.1, 0.15) is 0 Å². The van der Waals surface area contributed by atoms with Gasteiger partial charge in [0.25, 0.3) is 0 Å². The van der Waals surface area contributed by atoms with Crippen molar-refractivity contribution in [3.63, 3.8) is 0 Å². The zero-order valence-electron chi connectivity index (χ0n) is 9.11. The van der Waals surface area contributed by atoms with Crippen LogP contribution in [0.3, 0.4) is 0 Å². The molecule has 1 aliphatic heterocycles. The first-order valence-electron chi connectivity index (χ1n) is 5.41. The fourth-order valence-corrected chi connectivity index (χ4v) is 2.10. The summed E-state index contributed by atoms with van der Waals surface area (Å²) in [5.74, 6) is -1.51. The van der Waals surface area contributed by atoms with Crippen molar-refractivity contribution in [2.45, 2.75) is 24.0 Å². The van der Waals surface area contributed by atoms with Gasteiger partial charge in [-0.25, -0.2) is 8.78 Å². The molecule has 1 aromatic rings. The second-order valence-corrected chi connectivity index (χ2v) is 4.30. The van der Waals surface area contributed by atoms with Crippen LogP contribution in [0.5, 0.6) is 0 Å². The van der Waals surface area contributed by atoms with E-state index in [2.05, 4.69) is 0 Å². The standard InChI is InChI=1S/C12H13ClF2O2/c13-11(15)8-10(14)12(16-6-7-17-12)9-4-2-1-3-5-9/h1-5,10-11H,6-8H2. The fraction of sp³-hybridized carbons (Fsp3) is 0.500. The van der Waals surface area contributed by atoms with Crippen LogP contribution in [-0.2, 0) is 15.3 Å². The molecule has 5 heteroatoms. The van der Waals surface area contributed by atoms with Gasteiger partial charge in [-0.05, 0) is 0 Å². The number of ether oxygens (including phenoxy) is 2. The smallest absolute Gasteiger partial charge is 0.227 e. The second-order valence-electron chi connectivity index (χ2n) is 3.82. The quantitative estimate of drug-likeness (QED) is 0.776. The van der Waals surface area contributed by atoms with Crippen LogP contribution in [0.25, 0.3) is 0 Å². The van der Waals surface area contributed by atoms with E-state index in [4.69, 9.17) is 21.1 Å². The summed E-state index contributed by atoms with van der Waals surface area (Å²) in [5, 5.41) is 0. The molecule has 2 rings (SSSR count). The van der Waals surface area contributed by atoms with E-state index in [1.54, 1.807) is 30.3 Å². The topological polar surface area (TPSA) is 18.5 Å². The van der Waals surface area contributed by atoms with Crippen molar-refractivity contribution in [1.82, 2.24) is 0 Å². The molecular weight excluding hydrogens is 250 g/mol. The predicted octanol–water partition coefficient (Wildman–Crippen LogP) is 3.15. The van der Waals surface area contributed by atoms with E-state index in [0.717, 1.165) is 0 Å². The van der Waals surface area contributed by atoms with E-state index >= 15 is 0 Å². The maximum atomic E-state index is 14.1. The lowest BCUT2D eigenvalue weighted by Gasteiger charge is -2.31. The molecule has 0 bridgehead atoms. The lowest BCUT2D eigenvalue weighted by molar-refractivity contribution is -0.212. The molecule has 1 aliphatic rings. The van der Waals surface area contributed by atoms with Gasteiger partial charge in [0, 0.05) is 12.0 Å². The Morgan fingerprint density at radius 3 is 2.29 bits per heavy atom. The molecule has 1 aromatic carbocycles. The van der Waals surface area contributed by atoms with Crippen molar-refractivity contribution in [3.8, 4) is 0 Å². The molecule has 0 aromatic heterocycles. The summed E-state index contributed by atoms with van der Waals surface area (Å²) in [6.45, 7) is 0.573.